The van der Waals surface area contributed by atoms with Crippen LogP contribution in [0.25, 0.3) is 0 Å². The van der Waals surface area contributed by atoms with Gasteiger partial charge in [0.05, 0.1) is 0 Å². The van der Waals surface area contributed by atoms with Crippen molar-refractivity contribution in [2.24, 2.45) is 0 Å². The zero-order valence-electron chi connectivity index (χ0n) is 21.4. The second kappa shape index (κ2) is 10.00. The summed E-state index contributed by atoms with van der Waals surface area (Å²) >= 11 is 0. The summed E-state index contributed by atoms with van der Waals surface area (Å²) in [6.07, 6.45) is 4.34. The predicted molar refractivity (Wildman–Crippen MR) is 143 cm³/mol. The summed E-state index contributed by atoms with van der Waals surface area (Å²) < 4.78 is 0. The third kappa shape index (κ3) is 6.14. The highest BCUT2D eigenvalue weighted by atomic mass is 16.1. The molecule has 2 aromatic heterocycles. The molecule has 1 aliphatic heterocycles. The normalized spacial score (nSPS) is 13.9. The molecule has 8 heteroatoms. The first-order valence-corrected chi connectivity index (χ1v) is 12.1. The summed E-state index contributed by atoms with van der Waals surface area (Å²) in [5.74, 6) is 0.634. The van der Waals surface area contributed by atoms with Crippen molar-refractivity contribution in [1.29, 1.82) is 0 Å². The smallest absolute Gasteiger partial charge is 0.256 e. The lowest BCUT2D eigenvalue weighted by atomic mass is 9.91. The molecule has 0 unspecified atom stereocenters. The molecule has 1 aliphatic rings. The van der Waals surface area contributed by atoms with E-state index < -0.39 is 0 Å². The number of pyridine rings is 1. The molecule has 0 atom stereocenters. The molecule has 0 saturated heterocycles. The molecule has 186 valence electrons. The zero-order valence-corrected chi connectivity index (χ0v) is 21.4. The summed E-state index contributed by atoms with van der Waals surface area (Å²) in [7, 11) is 2.14. The number of benzene rings is 1. The number of rotatable bonds is 6. The van der Waals surface area contributed by atoms with E-state index in [1.54, 1.807) is 12.4 Å². The van der Waals surface area contributed by atoms with Crippen LogP contribution in [0.2, 0.25) is 0 Å². The van der Waals surface area contributed by atoms with E-state index in [0.717, 1.165) is 36.6 Å². The first kappa shape index (κ1) is 24.6. The average Bonchev–Trinajstić information content (AvgIpc) is 2.78. The molecular formula is C27H37N7O. The van der Waals surface area contributed by atoms with Gasteiger partial charge in [-0.15, -0.1) is 0 Å². The zero-order chi connectivity index (χ0) is 25.2. The van der Waals surface area contributed by atoms with Crippen molar-refractivity contribution in [1.82, 2.24) is 25.2 Å². The summed E-state index contributed by atoms with van der Waals surface area (Å²) in [5, 5.41) is 9.57. The molecule has 3 aromatic rings. The minimum atomic E-state index is -0.225. The van der Waals surface area contributed by atoms with Gasteiger partial charge >= 0.3 is 0 Å². The Balaban J connectivity index is 0.00000361. The van der Waals surface area contributed by atoms with Gasteiger partial charge in [0.15, 0.2) is 0 Å². The van der Waals surface area contributed by atoms with E-state index in [0.29, 0.717) is 17.3 Å². The van der Waals surface area contributed by atoms with Crippen LogP contribution >= 0.6 is 0 Å². The second-order valence-corrected chi connectivity index (χ2v) is 10.5. The molecule has 4 rings (SSSR count). The van der Waals surface area contributed by atoms with Gasteiger partial charge in [0, 0.05) is 55.4 Å². The van der Waals surface area contributed by atoms with Crippen LogP contribution in [0.15, 0.2) is 42.7 Å². The van der Waals surface area contributed by atoms with Crippen LogP contribution in [0.5, 0.6) is 0 Å². The van der Waals surface area contributed by atoms with Crippen molar-refractivity contribution >= 4 is 29.0 Å². The van der Waals surface area contributed by atoms with Crippen LogP contribution in [-0.2, 0) is 18.4 Å². The highest BCUT2D eigenvalue weighted by molar-refractivity contribution is 5.99. The number of fused-ring (bicyclic) bond motifs is 1. The number of carbonyl (C=O) groups excluding carboxylic acids is 1. The lowest BCUT2D eigenvalue weighted by Crippen LogP contribution is -2.31. The van der Waals surface area contributed by atoms with Crippen molar-refractivity contribution < 1.29 is 6.22 Å². The van der Waals surface area contributed by atoms with E-state index in [1.807, 2.05) is 32.0 Å². The number of nitrogens with one attached hydrogen (secondary N) is 3. The molecule has 0 radical (unpaired) electrons. The molecule has 0 aliphatic carbocycles. The topological polar surface area (TPSA) is 95.1 Å². The molecule has 0 fully saturated rings. The van der Waals surface area contributed by atoms with Crippen LogP contribution in [0.1, 0.15) is 63.2 Å². The Morgan fingerprint density at radius 2 is 1.83 bits per heavy atom. The largest absolute Gasteiger partial charge is 0.350 e. The fraction of sp³-hybridized carbons (Fsp3) is 0.407. The van der Waals surface area contributed by atoms with Gasteiger partial charge in [-0.05, 0) is 62.7 Å². The molecule has 1 amide bonds. The van der Waals surface area contributed by atoms with Gasteiger partial charge in [-0.25, -0.2) is 4.98 Å². The maximum atomic E-state index is 12.9. The van der Waals surface area contributed by atoms with Crippen LogP contribution in [0.4, 0.5) is 23.1 Å². The summed E-state index contributed by atoms with van der Waals surface area (Å²) in [6, 6.07) is 10.2. The lowest BCUT2D eigenvalue weighted by Gasteiger charge is -2.25. The number of anilines is 4. The SMILES string of the molecule is CC(C)NC(=O)c1cnc(Nc2ccc3c(c2)CCN(C)C3)nc1Nc1ccnc(C(C)(C)C)c1.[HH]. The fourth-order valence-corrected chi connectivity index (χ4v) is 4.00. The first-order valence-electron chi connectivity index (χ1n) is 12.1. The monoisotopic (exact) mass is 475 g/mol. The number of likely N-dealkylation sites (N-methyl/N-ethyl adjacent to an activating group) is 1. The van der Waals surface area contributed by atoms with Crippen molar-refractivity contribution in [3.63, 3.8) is 0 Å². The Labute approximate surface area is 209 Å². The Kier molecular flexibility index (Phi) is 7.03. The first-order chi connectivity index (χ1) is 16.6. The minimum Gasteiger partial charge on any atom is -0.350 e. The van der Waals surface area contributed by atoms with Crippen molar-refractivity contribution in [2.45, 2.75) is 59.0 Å². The summed E-state index contributed by atoms with van der Waals surface area (Å²) in [6.45, 7) is 12.2. The highest BCUT2D eigenvalue weighted by Gasteiger charge is 2.19. The predicted octanol–water partition coefficient (Wildman–Crippen LogP) is 5.03. The molecule has 3 heterocycles. The maximum absolute atomic E-state index is 12.9. The molecule has 3 N–H and O–H groups in total. The maximum Gasteiger partial charge on any atom is 0.256 e. The third-order valence-corrected chi connectivity index (χ3v) is 5.91. The Morgan fingerprint density at radius 3 is 2.57 bits per heavy atom. The van der Waals surface area contributed by atoms with E-state index in [1.165, 1.54) is 11.1 Å². The number of amides is 1. The number of nitrogens with zero attached hydrogens (tertiary/aromatic N) is 4. The van der Waals surface area contributed by atoms with Gasteiger partial charge in [0.25, 0.3) is 5.91 Å². The van der Waals surface area contributed by atoms with E-state index in [2.05, 4.69) is 75.8 Å². The van der Waals surface area contributed by atoms with Crippen LogP contribution in [0, 0.1) is 0 Å². The Morgan fingerprint density at radius 1 is 1.06 bits per heavy atom. The van der Waals surface area contributed by atoms with Crippen LogP contribution in [-0.4, -0.2) is 45.4 Å². The van der Waals surface area contributed by atoms with Crippen molar-refractivity contribution in [2.75, 3.05) is 24.2 Å². The van der Waals surface area contributed by atoms with E-state index in [-0.39, 0.29) is 18.8 Å². The van der Waals surface area contributed by atoms with Gasteiger partial charge in [0.2, 0.25) is 5.95 Å². The second-order valence-electron chi connectivity index (χ2n) is 10.5. The van der Waals surface area contributed by atoms with E-state index in [4.69, 9.17) is 0 Å². The quantitative estimate of drug-likeness (QED) is 0.460. The van der Waals surface area contributed by atoms with Gasteiger partial charge in [-0.2, -0.15) is 4.98 Å². The van der Waals surface area contributed by atoms with Gasteiger partial charge in [-0.1, -0.05) is 26.8 Å². The molecule has 0 spiro atoms. The molecular weight excluding hydrogens is 438 g/mol. The standard InChI is InChI=1S/C27H35N7O.H2/c1-17(2)30-25(35)22-15-29-26(32-20-8-7-19-16-34(6)12-10-18(19)13-20)33-24(22)31-21-9-11-28-23(14-21)27(3,4)5;/h7-9,11,13-15,17H,10,12,16H2,1-6H3,(H,30,35)(H2,28,29,31,32,33);1H. The average molecular weight is 476 g/mol. The molecule has 0 saturated carbocycles. The van der Waals surface area contributed by atoms with Crippen molar-refractivity contribution in [3.8, 4) is 0 Å². The van der Waals surface area contributed by atoms with Gasteiger partial charge < -0.3 is 20.9 Å². The van der Waals surface area contributed by atoms with Gasteiger partial charge in [0.1, 0.15) is 11.4 Å². The summed E-state index contributed by atoms with van der Waals surface area (Å²) in [4.78, 5) is 28.8. The number of hydrogen-bond donors (Lipinski definition) is 3. The van der Waals surface area contributed by atoms with Gasteiger partial charge in [-0.3, -0.25) is 9.78 Å². The molecule has 0 bridgehead atoms. The Bertz CT molecular complexity index is 1220. The lowest BCUT2D eigenvalue weighted by molar-refractivity contribution is 0.0943. The number of hydrogen-bond acceptors (Lipinski definition) is 7. The number of carbonyl (C=O) groups is 1. The van der Waals surface area contributed by atoms with Crippen LogP contribution in [0.3, 0.4) is 0 Å². The molecule has 1 aromatic carbocycles. The third-order valence-electron chi connectivity index (χ3n) is 5.91. The summed E-state index contributed by atoms with van der Waals surface area (Å²) in [5.41, 5.74) is 5.65. The van der Waals surface area contributed by atoms with Crippen molar-refractivity contribution in [3.05, 3.63) is 65.1 Å². The fourth-order valence-electron chi connectivity index (χ4n) is 4.00. The Hall–Kier alpha value is -3.52. The number of aromatic nitrogens is 3. The molecule has 35 heavy (non-hydrogen) atoms. The highest BCUT2D eigenvalue weighted by Crippen LogP contribution is 2.27. The van der Waals surface area contributed by atoms with E-state index in [9.17, 15) is 4.79 Å². The van der Waals surface area contributed by atoms with E-state index >= 15 is 0 Å². The molecule has 8 nitrogen and oxygen atoms in total. The van der Waals surface area contributed by atoms with Crippen LogP contribution < -0.4 is 16.0 Å². The minimum absolute atomic E-state index is 0.